The molecule has 0 aliphatic heterocycles. The molecule has 0 aliphatic carbocycles. The van der Waals surface area contributed by atoms with Crippen LogP contribution in [0.5, 0.6) is 0 Å². The van der Waals surface area contributed by atoms with Crippen molar-refractivity contribution in [1.82, 2.24) is 0 Å². The predicted molar refractivity (Wildman–Crippen MR) is 54.5 cm³/mol. The molecule has 0 aliphatic rings. The summed E-state index contributed by atoms with van der Waals surface area (Å²) < 4.78 is 0. The zero-order valence-corrected chi connectivity index (χ0v) is 8.99. The van der Waals surface area contributed by atoms with Crippen LogP contribution in [0.1, 0.15) is 48.5 Å². The van der Waals surface area contributed by atoms with E-state index in [0.717, 1.165) is 5.92 Å². The minimum Gasteiger partial charge on any atom is -0.106 e. The fourth-order valence-electron chi connectivity index (χ4n) is 0. The van der Waals surface area contributed by atoms with E-state index in [0.29, 0.717) is 0 Å². The van der Waals surface area contributed by atoms with E-state index in [1.54, 1.807) is 0 Å². The van der Waals surface area contributed by atoms with Crippen LogP contribution < -0.4 is 0 Å². The van der Waals surface area contributed by atoms with E-state index in [4.69, 9.17) is 0 Å². The molecule has 0 heterocycles. The molecule has 10 heavy (non-hydrogen) atoms. The van der Waals surface area contributed by atoms with Gasteiger partial charge >= 0.3 is 0 Å². The molecule has 0 heteroatoms. The lowest BCUT2D eigenvalue weighted by Gasteiger charge is -1.79. The molecule has 0 fully saturated rings. The Balaban J connectivity index is -0.0000000262. The smallest absolute Gasteiger partial charge is 0.0500 e. The Morgan fingerprint density at radius 1 is 0.700 bits per heavy atom. The van der Waals surface area contributed by atoms with Gasteiger partial charge < -0.3 is 0 Å². The van der Waals surface area contributed by atoms with Crippen LogP contribution in [0.4, 0.5) is 0 Å². The lowest BCUT2D eigenvalue weighted by molar-refractivity contribution is 0.737. The monoisotopic (exact) mass is 146 g/mol. The molecule has 0 aromatic carbocycles. The Hall–Kier alpha value is -0.260. The summed E-state index contributed by atoms with van der Waals surface area (Å²) in [4.78, 5) is 0. The van der Waals surface area contributed by atoms with Gasteiger partial charge in [-0.15, -0.1) is 13.2 Å². The second-order valence-electron chi connectivity index (χ2n) is 1.73. The topological polar surface area (TPSA) is 0 Å². The van der Waals surface area contributed by atoms with E-state index >= 15 is 0 Å². The third-order valence-corrected chi connectivity index (χ3v) is 0. The van der Waals surface area contributed by atoms with Crippen LogP contribution in [-0.2, 0) is 0 Å². The van der Waals surface area contributed by atoms with Crippen molar-refractivity contribution in [2.24, 2.45) is 5.92 Å². The molecule has 0 bridgehead atoms. The van der Waals surface area contributed by atoms with E-state index < -0.39 is 0 Å². The van der Waals surface area contributed by atoms with Crippen molar-refractivity contribution in [2.45, 2.75) is 48.5 Å². The molecule has 0 aromatic heterocycles. The van der Waals surface area contributed by atoms with Gasteiger partial charge in [-0.1, -0.05) is 48.5 Å². The highest BCUT2D eigenvalue weighted by Gasteiger charge is 1.68. The van der Waals surface area contributed by atoms with E-state index in [1.165, 1.54) is 0 Å². The van der Waals surface area contributed by atoms with Crippen LogP contribution in [0, 0.1) is 5.92 Å². The average molecular weight is 146 g/mol. The highest BCUT2D eigenvalue weighted by Crippen LogP contribution is 1.81. The van der Waals surface area contributed by atoms with Crippen LogP contribution in [0.3, 0.4) is 0 Å². The molecule has 0 saturated carbocycles. The van der Waals surface area contributed by atoms with Crippen molar-refractivity contribution >= 4 is 0 Å². The highest BCUT2D eigenvalue weighted by atomic mass is 13.7. The van der Waals surface area contributed by atoms with Crippen molar-refractivity contribution in [2.75, 3.05) is 0 Å². The Morgan fingerprint density at radius 2 is 0.700 bits per heavy atom. The summed E-state index contributed by atoms with van der Waals surface area (Å²) in [5.41, 5.74) is 0. The predicted octanol–water partition coefficient (Wildman–Crippen LogP) is 4.52. The van der Waals surface area contributed by atoms with Crippen LogP contribution in [-0.4, -0.2) is 0 Å². The molecular formula is C10H26. The Morgan fingerprint density at radius 3 is 0.700 bits per heavy atom. The molecular weight excluding hydrogens is 120 g/mol. The molecule has 0 radical (unpaired) electrons. The molecule has 0 unspecified atom stereocenters. The van der Waals surface area contributed by atoms with Gasteiger partial charge in [-0.3, -0.25) is 0 Å². The van der Waals surface area contributed by atoms with Crippen LogP contribution in [0.15, 0.2) is 13.2 Å². The Labute approximate surface area is 68.4 Å². The normalized spacial score (nSPS) is 5.20. The minimum atomic E-state index is 0.833. The van der Waals surface area contributed by atoms with Crippen molar-refractivity contribution in [3.8, 4) is 0 Å². The van der Waals surface area contributed by atoms with Crippen molar-refractivity contribution < 1.29 is 0 Å². The summed E-state index contributed by atoms with van der Waals surface area (Å²) in [6, 6.07) is 0. The highest BCUT2D eigenvalue weighted by molar-refractivity contribution is 4.22. The third kappa shape index (κ3) is 5200. The first-order valence-corrected chi connectivity index (χ1v) is 4.23. The summed E-state index contributed by atoms with van der Waals surface area (Å²) in [5, 5.41) is 0. The van der Waals surface area contributed by atoms with Gasteiger partial charge in [-0.2, -0.15) is 0 Å². The molecule has 0 N–H and O–H groups in total. The molecule has 0 saturated heterocycles. The maximum Gasteiger partial charge on any atom is -0.0500 e. The number of hydrogen-bond donors (Lipinski definition) is 0. The van der Waals surface area contributed by atoms with Gasteiger partial charge in [-0.05, 0) is 5.92 Å². The van der Waals surface area contributed by atoms with Gasteiger partial charge in [0.1, 0.15) is 0 Å². The first kappa shape index (κ1) is 22.6. The van der Waals surface area contributed by atoms with Gasteiger partial charge in [0.05, 0.1) is 0 Å². The quantitative estimate of drug-likeness (QED) is 0.441. The van der Waals surface area contributed by atoms with Crippen molar-refractivity contribution in [3.63, 3.8) is 0 Å². The van der Waals surface area contributed by atoms with Crippen LogP contribution in [0.2, 0.25) is 0 Å². The number of rotatable bonds is 0. The van der Waals surface area contributed by atoms with Gasteiger partial charge in [0, 0.05) is 0 Å². The molecule has 0 nitrogen and oxygen atoms in total. The molecule has 66 valence electrons. The zero-order valence-electron chi connectivity index (χ0n) is 8.99. The first-order chi connectivity index (χ1) is 4.73. The Bertz CT molecular complexity index is 11.2. The summed E-state index contributed by atoms with van der Waals surface area (Å²) in [6.07, 6.45) is 0. The van der Waals surface area contributed by atoms with Gasteiger partial charge in [-0.25, -0.2) is 0 Å². The summed E-state index contributed by atoms with van der Waals surface area (Å²) in [5.74, 6) is 0.833. The fourth-order valence-corrected chi connectivity index (χ4v) is 0. The summed E-state index contributed by atoms with van der Waals surface area (Å²) >= 11 is 0. The lowest BCUT2D eigenvalue weighted by atomic mass is 10.3. The Kier molecular flexibility index (Phi) is 157. The van der Waals surface area contributed by atoms with E-state index in [1.807, 2.05) is 27.7 Å². The van der Waals surface area contributed by atoms with Crippen LogP contribution in [0.25, 0.3) is 0 Å². The van der Waals surface area contributed by atoms with Crippen molar-refractivity contribution in [1.29, 1.82) is 0 Å². The largest absolute Gasteiger partial charge is 0.106 e. The number of hydrogen-bond acceptors (Lipinski definition) is 0. The molecule has 0 rings (SSSR count). The second kappa shape index (κ2) is 69.7. The lowest BCUT2D eigenvalue weighted by Crippen LogP contribution is -1.66. The summed E-state index contributed by atoms with van der Waals surface area (Å²) in [6.45, 7) is 20.5. The molecule has 0 amide bonds. The average Bonchev–Trinajstić information content (AvgIpc) is 1.98. The van der Waals surface area contributed by atoms with E-state index in [2.05, 4.69) is 33.9 Å². The fraction of sp³-hybridized carbons (Fsp3) is 0.800. The molecule has 0 atom stereocenters. The van der Waals surface area contributed by atoms with Gasteiger partial charge in [0.25, 0.3) is 0 Å². The second-order valence-corrected chi connectivity index (χ2v) is 1.73. The zero-order chi connectivity index (χ0) is 9.58. The van der Waals surface area contributed by atoms with Gasteiger partial charge in [0.2, 0.25) is 0 Å². The molecule has 0 spiro atoms. The van der Waals surface area contributed by atoms with E-state index in [-0.39, 0.29) is 0 Å². The molecule has 0 aromatic rings. The SMILES string of the molecule is C=C.CC.CC.CC(C)C. The maximum absolute atomic E-state index is 3.00. The minimum absolute atomic E-state index is 0.833. The summed E-state index contributed by atoms with van der Waals surface area (Å²) in [7, 11) is 0. The standard InChI is InChI=1S/C4H10.2C2H6.C2H4/c1-4(2)3;3*1-2/h4H,1-3H3;2*1-2H3;1-2H2. The third-order valence-electron chi connectivity index (χ3n) is 0. The first-order valence-electron chi connectivity index (χ1n) is 4.23. The van der Waals surface area contributed by atoms with Gasteiger partial charge in [0.15, 0.2) is 0 Å². The van der Waals surface area contributed by atoms with Crippen LogP contribution >= 0.6 is 0 Å². The van der Waals surface area contributed by atoms with Crippen molar-refractivity contribution in [3.05, 3.63) is 13.2 Å². The van der Waals surface area contributed by atoms with E-state index in [9.17, 15) is 0 Å². The maximum atomic E-state index is 3.00.